The Morgan fingerprint density at radius 2 is 1.97 bits per heavy atom. The number of carbonyl (C=O) groups excluding carboxylic acids is 2. The maximum absolute atomic E-state index is 11.8. The molecule has 2 rings (SSSR count). The van der Waals surface area contributed by atoms with Crippen molar-refractivity contribution in [3.63, 3.8) is 0 Å². The van der Waals surface area contributed by atoms with E-state index in [-0.39, 0.29) is 25.7 Å². The normalized spacial score (nSPS) is 16.9. The molecule has 30 heavy (non-hydrogen) atoms. The fourth-order valence-corrected chi connectivity index (χ4v) is 3.14. The molecule has 1 atom stereocenters. The average Bonchev–Trinajstić information content (AvgIpc) is 3.10. The summed E-state index contributed by atoms with van der Waals surface area (Å²) in [6.45, 7) is 7.59. The zero-order chi connectivity index (χ0) is 22.0. The molecule has 1 fully saturated rings. The van der Waals surface area contributed by atoms with Crippen molar-refractivity contribution in [2.75, 3.05) is 46.5 Å². The lowest BCUT2D eigenvalue weighted by molar-refractivity contribution is -0.125. The van der Waals surface area contributed by atoms with Gasteiger partial charge < -0.3 is 24.8 Å². The molecule has 0 aliphatic carbocycles. The van der Waals surface area contributed by atoms with Crippen molar-refractivity contribution >= 4 is 12.0 Å². The highest BCUT2D eigenvalue weighted by Gasteiger charge is 2.23. The van der Waals surface area contributed by atoms with E-state index < -0.39 is 11.7 Å². The van der Waals surface area contributed by atoms with Gasteiger partial charge in [-0.15, -0.1) is 0 Å². The van der Waals surface area contributed by atoms with E-state index in [9.17, 15) is 9.59 Å². The Hall–Kier alpha value is -2.39. The maximum atomic E-state index is 11.8. The number of pyridine rings is 1. The van der Waals surface area contributed by atoms with Crippen LogP contribution in [0.15, 0.2) is 18.5 Å². The smallest absolute Gasteiger partial charge is 0.407 e. The molecule has 0 radical (unpaired) electrons. The first-order valence-electron chi connectivity index (χ1n) is 10.3. The third-order valence-corrected chi connectivity index (χ3v) is 4.48. The van der Waals surface area contributed by atoms with Gasteiger partial charge in [-0.2, -0.15) is 0 Å². The number of ether oxygens (including phenoxy) is 3. The quantitative estimate of drug-likeness (QED) is 0.555. The second kappa shape index (κ2) is 11.7. The molecule has 2 N–H and O–H groups in total. The minimum atomic E-state index is -0.545. The Balaban J connectivity index is 1.55. The van der Waals surface area contributed by atoms with Gasteiger partial charge in [0.2, 0.25) is 5.91 Å². The second-order valence-electron chi connectivity index (χ2n) is 8.27. The van der Waals surface area contributed by atoms with E-state index in [1.54, 1.807) is 27.0 Å². The molecule has 9 heteroatoms. The number of hydrogen-bond acceptors (Lipinski definition) is 7. The minimum absolute atomic E-state index is 0.0823. The van der Waals surface area contributed by atoms with E-state index in [0.717, 1.165) is 18.5 Å². The topological polar surface area (TPSA) is 102 Å². The van der Waals surface area contributed by atoms with E-state index >= 15 is 0 Å². The maximum Gasteiger partial charge on any atom is 0.407 e. The third kappa shape index (κ3) is 8.96. The lowest BCUT2D eigenvalue weighted by Gasteiger charge is -2.20. The van der Waals surface area contributed by atoms with Crippen LogP contribution in [0.2, 0.25) is 0 Å². The van der Waals surface area contributed by atoms with Crippen LogP contribution in [-0.4, -0.2) is 74.0 Å². The lowest BCUT2D eigenvalue weighted by atomic mass is 10.1. The van der Waals surface area contributed by atoms with Crippen LogP contribution in [0.3, 0.4) is 0 Å². The Morgan fingerprint density at radius 1 is 1.20 bits per heavy atom. The summed E-state index contributed by atoms with van der Waals surface area (Å²) in [5.74, 6) is 0.460. The minimum Gasteiger partial charge on any atom is -0.490 e. The molecule has 0 saturated carbocycles. The summed E-state index contributed by atoms with van der Waals surface area (Å²) in [5.41, 5.74) is 0.613. The summed E-state index contributed by atoms with van der Waals surface area (Å²) in [4.78, 5) is 29.8. The molecular formula is C21H34N4O5. The fourth-order valence-electron chi connectivity index (χ4n) is 3.14. The molecular weight excluding hydrogens is 388 g/mol. The van der Waals surface area contributed by atoms with Gasteiger partial charge in [0.05, 0.1) is 19.3 Å². The van der Waals surface area contributed by atoms with Gasteiger partial charge in [-0.05, 0) is 58.8 Å². The van der Waals surface area contributed by atoms with Gasteiger partial charge in [0.25, 0.3) is 0 Å². The molecule has 1 saturated heterocycles. The molecule has 0 aromatic carbocycles. The van der Waals surface area contributed by atoms with Gasteiger partial charge in [-0.1, -0.05) is 0 Å². The van der Waals surface area contributed by atoms with Gasteiger partial charge in [0.1, 0.15) is 24.6 Å². The van der Waals surface area contributed by atoms with Crippen molar-refractivity contribution in [2.24, 2.45) is 0 Å². The summed E-state index contributed by atoms with van der Waals surface area (Å²) in [6, 6.07) is 2.41. The Kier molecular flexibility index (Phi) is 9.32. The predicted octanol–water partition coefficient (Wildman–Crippen LogP) is 1.88. The molecule has 2 heterocycles. The first kappa shape index (κ1) is 23.9. The van der Waals surface area contributed by atoms with Crippen molar-refractivity contribution in [3.05, 3.63) is 24.0 Å². The van der Waals surface area contributed by atoms with E-state index in [0.29, 0.717) is 24.9 Å². The largest absolute Gasteiger partial charge is 0.490 e. The van der Waals surface area contributed by atoms with Gasteiger partial charge in [0, 0.05) is 18.8 Å². The Morgan fingerprint density at radius 3 is 2.67 bits per heavy atom. The van der Waals surface area contributed by atoms with Crippen LogP contribution >= 0.6 is 0 Å². The number of rotatable bonds is 10. The van der Waals surface area contributed by atoms with E-state index in [1.165, 1.54) is 6.42 Å². The first-order valence-corrected chi connectivity index (χ1v) is 10.3. The van der Waals surface area contributed by atoms with Crippen LogP contribution in [0.4, 0.5) is 4.79 Å². The number of nitrogens with one attached hydrogen (secondary N) is 2. The number of aromatic nitrogens is 1. The van der Waals surface area contributed by atoms with Crippen LogP contribution in [0.25, 0.3) is 0 Å². The standard InChI is InChI=1S/C21H34N4O5/c1-21(2,3)30-20(27)24-7-10-28-15-19(26)23-8-11-29-17-12-16(13-22-14-17)18-6-5-9-25(18)4/h12-14,18H,5-11,15H2,1-4H3,(H,23,26)(H,24,27)/t18-/m0/s1. The molecule has 0 unspecified atom stereocenters. The number of likely N-dealkylation sites (tertiary alicyclic amines) is 1. The van der Waals surface area contributed by atoms with Crippen LogP contribution in [-0.2, 0) is 14.3 Å². The number of hydrogen-bond donors (Lipinski definition) is 2. The highest BCUT2D eigenvalue weighted by Crippen LogP contribution is 2.31. The summed E-state index contributed by atoms with van der Waals surface area (Å²) < 4.78 is 16.0. The van der Waals surface area contributed by atoms with Crippen molar-refractivity contribution < 1.29 is 23.8 Å². The highest BCUT2D eigenvalue weighted by molar-refractivity contribution is 5.77. The second-order valence-corrected chi connectivity index (χ2v) is 8.27. The van der Waals surface area contributed by atoms with Crippen molar-refractivity contribution in [3.8, 4) is 5.75 Å². The van der Waals surface area contributed by atoms with E-state index in [4.69, 9.17) is 14.2 Å². The molecule has 1 aromatic rings. The number of amides is 2. The zero-order valence-electron chi connectivity index (χ0n) is 18.4. The third-order valence-electron chi connectivity index (χ3n) is 4.48. The number of alkyl carbamates (subject to hydrolysis) is 1. The molecule has 0 bridgehead atoms. The Labute approximate surface area is 178 Å². The van der Waals surface area contributed by atoms with E-state index in [1.807, 2.05) is 12.3 Å². The zero-order valence-corrected chi connectivity index (χ0v) is 18.4. The molecule has 1 aromatic heterocycles. The summed E-state index contributed by atoms with van der Waals surface area (Å²) in [6.07, 6.45) is 5.38. The van der Waals surface area contributed by atoms with Crippen molar-refractivity contribution in [1.82, 2.24) is 20.5 Å². The van der Waals surface area contributed by atoms with Gasteiger partial charge >= 0.3 is 6.09 Å². The fraction of sp³-hybridized carbons (Fsp3) is 0.667. The summed E-state index contributed by atoms with van der Waals surface area (Å²) in [5, 5.41) is 5.29. The molecule has 0 spiro atoms. The Bertz CT molecular complexity index is 692. The van der Waals surface area contributed by atoms with Crippen LogP contribution in [0, 0.1) is 0 Å². The van der Waals surface area contributed by atoms with Crippen LogP contribution in [0.1, 0.15) is 45.2 Å². The SMILES string of the molecule is CN1CCC[C@H]1c1cncc(OCCNC(=O)COCCNC(=O)OC(C)(C)C)c1. The predicted molar refractivity (Wildman–Crippen MR) is 112 cm³/mol. The molecule has 168 valence electrons. The highest BCUT2D eigenvalue weighted by atomic mass is 16.6. The first-order chi connectivity index (χ1) is 14.2. The lowest BCUT2D eigenvalue weighted by Crippen LogP contribution is -2.35. The number of nitrogens with zero attached hydrogens (tertiary/aromatic N) is 2. The van der Waals surface area contributed by atoms with Crippen molar-refractivity contribution in [1.29, 1.82) is 0 Å². The van der Waals surface area contributed by atoms with Crippen molar-refractivity contribution in [2.45, 2.75) is 45.3 Å². The molecule has 9 nitrogen and oxygen atoms in total. The number of carbonyl (C=O) groups is 2. The summed E-state index contributed by atoms with van der Waals surface area (Å²) >= 11 is 0. The molecule has 1 aliphatic rings. The van der Waals surface area contributed by atoms with E-state index in [2.05, 4.69) is 27.6 Å². The van der Waals surface area contributed by atoms with Gasteiger partial charge in [0.15, 0.2) is 0 Å². The van der Waals surface area contributed by atoms with Gasteiger partial charge in [-0.3, -0.25) is 14.7 Å². The molecule has 2 amide bonds. The van der Waals surface area contributed by atoms with Crippen LogP contribution < -0.4 is 15.4 Å². The van der Waals surface area contributed by atoms with Gasteiger partial charge in [-0.25, -0.2) is 4.79 Å². The van der Waals surface area contributed by atoms with Crippen LogP contribution in [0.5, 0.6) is 5.75 Å². The average molecular weight is 423 g/mol. The monoisotopic (exact) mass is 422 g/mol. The molecule has 1 aliphatic heterocycles. The summed E-state index contributed by atoms with van der Waals surface area (Å²) in [7, 11) is 2.12.